The Hall–Kier alpha value is 0. The standard InChI is InChI=1S/C12H24/c1-8(2)12-10(4)7-6-9(3)11(12)5/h8-12H,6-7H2,1-5H3. The van der Waals surface area contributed by atoms with Gasteiger partial charge in [-0.05, 0) is 29.6 Å². The zero-order valence-corrected chi connectivity index (χ0v) is 9.30. The van der Waals surface area contributed by atoms with Crippen molar-refractivity contribution in [2.75, 3.05) is 0 Å². The fourth-order valence-electron chi connectivity index (χ4n) is 3.14. The molecule has 4 unspecified atom stereocenters. The van der Waals surface area contributed by atoms with E-state index in [1.165, 1.54) is 12.8 Å². The highest BCUT2D eigenvalue weighted by Crippen LogP contribution is 2.41. The predicted molar refractivity (Wildman–Crippen MR) is 55.1 cm³/mol. The van der Waals surface area contributed by atoms with Crippen LogP contribution in [0.5, 0.6) is 0 Å². The second-order valence-electron chi connectivity index (χ2n) is 5.21. The van der Waals surface area contributed by atoms with E-state index in [0.29, 0.717) is 0 Å². The maximum atomic E-state index is 2.45. The van der Waals surface area contributed by atoms with Crippen molar-refractivity contribution in [1.82, 2.24) is 0 Å². The van der Waals surface area contributed by atoms with E-state index in [0.717, 1.165) is 29.6 Å². The van der Waals surface area contributed by atoms with E-state index in [1.54, 1.807) is 0 Å². The first-order valence-electron chi connectivity index (χ1n) is 5.54. The quantitative estimate of drug-likeness (QED) is 0.556. The lowest BCUT2D eigenvalue weighted by Gasteiger charge is -2.41. The van der Waals surface area contributed by atoms with Gasteiger partial charge in [0.1, 0.15) is 0 Å². The summed E-state index contributed by atoms with van der Waals surface area (Å²) in [6.45, 7) is 12.1. The summed E-state index contributed by atoms with van der Waals surface area (Å²) in [6.07, 6.45) is 2.90. The molecule has 0 aromatic carbocycles. The Labute approximate surface area is 77.7 Å². The van der Waals surface area contributed by atoms with Gasteiger partial charge in [-0.2, -0.15) is 0 Å². The molecule has 0 nitrogen and oxygen atoms in total. The maximum absolute atomic E-state index is 2.45. The third kappa shape index (κ3) is 1.84. The number of rotatable bonds is 1. The van der Waals surface area contributed by atoms with Gasteiger partial charge >= 0.3 is 0 Å². The zero-order valence-electron chi connectivity index (χ0n) is 9.30. The summed E-state index contributed by atoms with van der Waals surface area (Å²) in [5, 5.41) is 0. The molecule has 0 aromatic rings. The van der Waals surface area contributed by atoms with Gasteiger partial charge < -0.3 is 0 Å². The molecule has 0 saturated heterocycles. The molecule has 0 spiro atoms. The van der Waals surface area contributed by atoms with Gasteiger partial charge in [-0.1, -0.05) is 47.5 Å². The van der Waals surface area contributed by atoms with E-state index in [4.69, 9.17) is 0 Å². The highest BCUT2D eigenvalue weighted by atomic mass is 14.4. The molecule has 0 amide bonds. The average molecular weight is 168 g/mol. The first kappa shape index (κ1) is 10.1. The summed E-state index contributed by atoms with van der Waals surface area (Å²) >= 11 is 0. The van der Waals surface area contributed by atoms with E-state index < -0.39 is 0 Å². The van der Waals surface area contributed by atoms with Gasteiger partial charge in [-0.3, -0.25) is 0 Å². The van der Waals surface area contributed by atoms with Gasteiger partial charge in [0.25, 0.3) is 0 Å². The molecule has 0 aliphatic heterocycles. The highest BCUT2D eigenvalue weighted by molar-refractivity contribution is 4.83. The molecule has 1 aliphatic rings. The maximum Gasteiger partial charge on any atom is -0.0337 e. The lowest BCUT2D eigenvalue weighted by Crippen LogP contribution is -2.33. The SMILES string of the molecule is CC(C)C1C(C)CCC(C)C1C. The van der Waals surface area contributed by atoms with Crippen LogP contribution in [0.3, 0.4) is 0 Å². The molecule has 1 saturated carbocycles. The van der Waals surface area contributed by atoms with Crippen molar-refractivity contribution in [3.8, 4) is 0 Å². The fraction of sp³-hybridized carbons (Fsp3) is 1.00. The van der Waals surface area contributed by atoms with Crippen LogP contribution < -0.4 is 0 Å². The van der Waals surface area contributed by atoms with Gasteiger partial charge in [-0.25, -0.2) is 0 Å². The Bertz CT molecular complexity index is 137. The highest BCUT2D eigenvalue weighted by Gasteiger charge is 2.33. The molecule has 0 bridgehead atoms. The van der Waals surface area contributed by atoms with E-state index in [1.807, 2.05) is 0 Å². The monoisotopic (exact) mass is 168 g/mol. The topological polar surface area (TPSA) is 0 Å². The van der Waals surface area contributed by atoms with Crippen LogP contribution in [0.15, 0.2) is 0 Å². The third-order valence-corrected chi connectivity index (χ3v) is 4.01. The molecule has 1 fully saturated rings. The first-order valence-corrected chi connectivity index (χ1v) is 5.54. The van der Waals surface area contributed by atoms with Crippen LogP contribution >= 0.6 is 0 Å². The Balaban J connectivity index is 2.65. The van der Waals surface area contributed by atoms with Crippen LogP contribution in [0, 0.1) is 29.6 Å². The minimum absolute atomic E-state index is 0.873. The molecule has 0 N–H and O–H groups in total. The summed E-state index contributed by atoms with van der Waals surface area (Å²) < 4.78 is 0. The van der Waals surface area contributed by atoms with Crippen molar-refractivity contribution in [2.45, 2.75) is 47.5 Å². The van der Waals surface area contributed by atoms with Gasteiger partial charge in [0, 0.05) is 0 Å². The lowest BCUT2D eigenvalue weighted by molar-refractivity contribution is 0.0833. The van der Waals surface area contributed by atoms with E-state index in [2.05, 4.69) is 34.6 Å². The van der Waals surface area contributed by atoms with Crippen LogP contribution in [-0.4, -0.2) is 0 Å². The summed E-state index contributed by atoms with van der Waals surface area (Å²) in [4.78, 5) is 0. The Morgan fingerprint density at radius 3 is 1.83 bits per heavy atom. The van der Waals surface area contributed by atoms with Crippen molar-refractivity contribution in [3.05, 3.63) is 0 Å². The normalized spacial score (nSPS) is 43.5. The molecule has 0 radical (unpaired) electrons. The smallest absolute Gasteiger partial charge is 0.0337 e. The molecule has 1 rings (SSSR count). The van der Waals surface area contributed by atoms with Gasteiger partial charge in [0.05, 0.1) is 0 Å². The van der Waals surface area contributed by atoms with E-state index in [9.17, 15) is 0 Å². The van der Waals surface area contributed by atoms with Crippen molar-refractivity contribution in [3.63, 3.8) is 0 Å². The number of hydrogen-bond donors (Lipinski definition) is 0. The average Bonchev–Trinajstić information content (AvgIpc) is 1.97. The molecule has 0 heterocycles. The Morgan fingerprint density at radius 1 is 0.917 bits per heavy atom. The largest absolute Gasteiger partial charge is 0.0625 e. The van der Waals surface area contributed by atoms with Crippen molar-refractivity contribution < 1.29 is 0 Å². The summed E-state index contributed by atoms with van der Waals surface area (Å²) in [5.41, 5.74) is 0. The van der Waals surface area contributed by atoms with Crippen LogP contribution in [-0.2, 0) is 0 Å². The molecule has 1 aliphatic carbocycles. The summed E-state index contributed by atoms with van der Waals surface area (Å²) in [7, 11) is 0. The van der Waals surface area contributed by atoms with Crippen LogP contribution in [0.1, 0.15) is 47.5 Å². The molecule has 0 heteroatoms. The third-order valence-electron chi connectivity index (χ3n) is 4.01. The lowest BCUT2D eigenvalue weighted by atomic mass is 9.64. The van der Waals surface area contributed by atoms with Gasteiger partial charge in [-0.15, -0.1) is 0 Å². The Morgan fingerprint density at radius 2 is 1.42 bits per heavy atom. The minimum Gasteiger partial charge on any atom is -0.0625 e. The molecule has 4 atom stereocenters. The van der Waals surface area contributed by atoms with Crippen molar-refractivity contribution in [2.24, 2.45) is 29.6 Å². The fourth-order valence-corrected chi connectivity index (χ4v) is 3.14. The van der Waals surface area contributed by atoms with Gasteiger partial charge in [0.2, 0.25) is 0 Å². The van der Waals surface area contributed by atoms with Crippen LogP contribution in [0.25, 0.3) is 0 Å². The summed E-state index contributed by atoms with van der Waals surface area (Å²) in [5.74, 6) is 4.69. The predicted octanol–water partition coefficient (Wildman–Crippen LogP) is 3.96. The van der Waals surface area contributed by atoms with Crippen LogP contribution in [0.2, 0.25) is 0 Å². The van der Waals surface area contributed by atoms with Crippen LogP contribution in [0.4, 0.5) is 0 Å². The Kier molecular flexibility index (Phi) is 3.20. The molecular formula is C12H24. The number of hydrogen-bond acceptors (Lipinski definition) is 0. The molecular weight excluding hydrogens is 144 g/mol. The van der Waals surface area contributed by atoms with E-state index >= 15 is 0 Å². The van der Waals surface area contributed by atoms with Crippen molar-refractivity contribution >= 4 is 0 Å². The minimum atomic E-state index is 0.873. The second-order valence-corrected chi connectivity index (χ2v) is 5.21. The second kappa shape index (κ2) is 3.81. The summed E-state index contributed by atoms with van der Waals surface area (Å²) in [6, 6.07) is 0. The molecule has 0 aromatic heterocycles. The first-order chi connectivity index (χ1) is 5.54. The van der Waals surface area contributed by atoms with Crippen molar-refractivity contribution in [1.29, 1.82) is 0 Å². The molecule has 72 valence electrons. The zero-order chi connectivity index (χ0) is 9.30. The van der Waals surface area contributed by atoms with E-state index in [-0.39, 0.29) is 0 Å². The molecule has 12 heavy (non-hydrogen) atoms. The van der Waals surface area contributed by atoms with Gasteiger partial charge in [0.15, 0.2) is 0 Å².